The van der Waals surface area contributed by atoms with Crippen molar-refractivity contribution in [3.8, 4) is 0 Å². The molecule has 1 aliphatic heterocycles. The van der Waals surface area contributed by atoms with Crippen molar-refractivity contribution in [3.05, 3.63) is 0 Å². The van der Waals surface area contributed by atoms with Gasteiger partial charge in [0.2, 0.25) is 5.91 Å². The molecule has 2 nitrogen and oxygen atoms in total. The molecule has 1 saturated heterocycles. The lowest BCUT2D eigenvalue weighted by Crippen LogP contribution is -2.47. The van der Waals surface area contributed by atoms with E-state index in [2.05, 4.69) is 34.7 Å². The van der Waals surface area contributed by atoms with E-state index in [-0.39, 0.29) is 5.41 Å². The van der Waals surface area contributed by atoms with Crippen molar-refractivity contribution < 1.29 is 4.79 Å². The molecule has 0 aromatic heterocycles. The number of nitrogens with zero attached hydrogens (tertiary/aromatic N) is 1. The lowest BCUT2D eigenvalue weighted by molar-refractivity contribution is -0.144. The number of alkyl halides is 1. The summed E-state index contributed by atoms with van der Waals surface area (Å²) in [4.78, 5) is 15.1. The van der Waals surface area contributed by atoms with E-state index in [1.807, 2.05) is 0 Å². The Kier molecular flexibility index (Phi) is 5.33. The fraction of sp³-hybridized carbons (Fsp3) is 0.938. The maximum Gasteiger partial charge on any atom is 0.228 e. The van der Waals surface area contributed by atoms with Crippen LogP contribution in [0.25, 0.3) is 0 Å². The van der Waals surface area contributed by atoms with Gasteiger partial charge in [0.25, 0.3) is 0 Å². The van der Waals surface area contributed by atoms with Crippen molar-refractivity contribution in [2.24, 2.45) is 17.3 Å². The molecule has 2 aliphatic rings. The molecule has 2 fully saturated rings. The molecule has 2 rings (SSSR count). The molecule has 0 aromatic carbocycles. The summed E-state index contributed by atoms with van der Waals surface area (Å²) in [6.07, 6.45) is 8.19. The van der Waals surface area contributed by atoms with Crippen molar-refractivity contribution >= 4 is 21.8 Å². The molecular formula is C16H28BrNO. The molecule has 1 amide bonds. The van der Waals surface area contributed by atoms with Crippen molar-refractivity contribution in [1.82, 2.24) is 4.90 Å². The number of hydrogen-bond donors (Lipinski definition) is 0. The topological polar surface area (TPSA) is 20.3 Å². The first-order valence-corrected chi connectivity index (χ1v) is 9.05. The Morgan fingerprint density at radius 2 is 1.84 bits per heavy atom. The highest BCUT2D eigenvalue weighted by molar-refractivity contribution is 9.09. The Morgan fingerprint density at radius 1 is 1.26 bits per heavy atom. The van der Waals surface area contributed by atoms with Crippen LogP contribution in [0.1, 0.15) is 58.8 Å². The fourth-order valence-electron chi connectivity index (χ4n) is 3.96. The minimum Gasteiger partial charge on any atom is -0.342 e. The average Bonchev–Trinajstić information content (AvgIpc) is 2.87. The quantitative estimate of drug-likeness (QED) is 0.707. The molecule has 0 atom stereocenters. The SMILES string of the molecule is CC(C)CC1(C(=O)N2CCC(CBr)CC2)CCCC1. The summed E-state index contributed by atoms with van der Waals surface area (Å²) < 4.78 is 0. The maximum absolute atomic E-state index is 13.0. The first-order valence-electron chi connectivity index (χ1n) is 7.93. The number of hydrogen-bond acceptors (Lipinski definition) is 1. The van der Waals surface area contributed by atoms with Gasteiger partial charge in [-0.05, 0) is 43.9 Å². The summed E-state index contributed by atoms with van der Waals surface area (Å²) in [5.74, 6) is 1.88. The highest BCUT2D eigenvalue weighted by Gasteiger charge is 2.44. The van der Waals surface area contributed by atoms with Gasteiger partial charge in [-0.3, -0.25) is 4.79 Å². The van der Waals surface area contributed by atoms with Crippen LogP contribution in [0.2, 0.25) is 0 Å². The third kappa shape index (κ3) is 3.53. The van der Waals surface area contributed by atoms with E-state index in [0.29, 0.717) is 11.8 Å². The predicted molar refractivity (Wildman–Crippen MR) is 83.5 cm³/mol. The van der Waals surface area contributed by atoms with E-state index in [1.165, 1.54) is 25.7 Å². The zero-order chi connectivity index (χ0) is 13.9. The van der Waals surface area contributed by atoms with Gasteiger partial charge in [-0.2, -0.15) is 0 Å². The van der Waals surface area contributed by atoms with Crippen LogP contribution in [0.15, 0.2) is 0 Å². The first-order chi connectivity index (χ1) is 9.07. The molecule has 0 spiro atoms. The normalized spacial score (nSPS) is 24.1. The van der Waals surface area contributed by atoms with Crippen molar-refractivity contribution in [1.29, 1.82) is 0 Å². The van der Waals surface area contributed by atoms with Crippen LogP contribution in [-0.4, -0.2) is 29.2 Å². The minimum atomic E-state index is -0.00456. The summed E-state index contributed by atoms with van der Waals surface area (Å²) in [5.41, 5.74) is -0.00456. The van der Waals surface area contributed by atoms with Crippen molar-refractivity contribution in [2.75, 3.05) is 18.4 Å². The van der Waals surface area contributed by atoms with Crippen LogP contribution < -0.4 is 0 Å². The highest BCUT2D eigenvalue weighted by Crippen LogP contribution is 2.45. The summed E-state index contributed by atoms with van der Waals surface area (Å²) in [6.45, 7) is 6.47. The molecule has 0 radical (unpaired) electrons. The predicted octanol–water partition coefficient (Wildman–Crippen LogP) is 4.23. The van der Waals surface area contributed by atoms with Gasteiger partial charge >= 0.3 is 0 Å². The Morgan fingerprint density at radius 3 is 2.32 bits per heavy atom. The number of rotatable bonds is 4. The van der Waals surface area contributed by atoms with E-state index in [9.17, 15) is 4.79 Å². The van der Waals surface area contributed by atoms with E-state index in [1.54, 1.807) is 0 Å². The lowest BCUT2D eigenvalue weighted by Gasteiger charge is -2.39. The molecule has 0 unspecified atom stereocenters. The summed E-state index contributed by atoms with van der Waals surface area (Å²) in [5, 5.41) is 1.09. The van der Waals surface area contributed by atoms with Crippen LogP contribution in [0.3, 0.4) is 0 Å². The molecule has 19 heavy (non-hydrogen) atoms. The van der Waals surface area contributed by atoms with Crippen LogP contribution in [-0.2, 0) is 4.79 Å². The van der Waals surface area contributed by atoms with Gasteiger partial charge in [0, 0.05) is 23.8 Å². The highest BCUT2D eigenvalue weighted by atomic mass is 79.9. The standard InChI is InChI=1S/C16H28BrNO/c1-13(2)11-16(7-3-4-8-16)15(19)18-9-5-14(12-17)6-10-18/h13-14H,3-12H2,1-2H3. The first kappa shape index (κ1) is 15.3. The van der Waals surface area contributed by atoms with Gasteiger partial charge in [0.15, 0.2) is 0 Å². The number of halogens is 1. The fourth-order valence-corrected chi connectivity index (χ4v) is 4.61. The zero-order valence-corrected chi connectivity index (χ0v) is 14.0. The minimum absolute atomic E-state index is 0.00456. The molecule has 0 N–H and O–H groups in total. The maximum atomic E-state index is 13.0. The molecule has 0 bridgehead atoms. The van der Waals surface area contributed by atoms with Gasteiger partial charge in [0.1, 0.15) is 0 Å². The second-order valence-corrected chi connectivity index (χ2v) is 7.62. The Hall–Kier alpha value is -0.0500. The van der Waals surface area contributed by atoms with E-state index < -0.39 is 0 Å². The molecule has 3 heteroatoms. The van der Waals surface area contributed by atoms with Crippen LogP contribution >= 0.6 is 15.9 Å². The van der Waals surface area contributed by atoms with Gasteiger partial charge in [-0.25, -0.2) is 0 Å². The molecule has 1 heterocycles. The summed E-state index contributed by atoms with van der Waals surface area (Å²) in [6, 6.07) is 0. The average molecular weight is 330 g/mol. The number of likely N-dealkylation sites (tertiary alicyclic amines) is 1. The third-order valence-electron chi connectivity index (χ3n) is 4.93. The molecule has 1 aliphatic carbocycles. The smallest absolute Gasteiger partial charge is 0.228 e. The Balaban J connectivity index is 2.00. The lowest BCUT2D eigenvalue weighted by atomic mass is 9.77. The largest absolute Gasteiger partial charge is 0.342 e. The molecule has 1 saturated carbocycles. The van der Waals surface area contributed by atoms with Crippen molar-refractivity contribution in [2.45, 2.75) is 58.8 Å². The van der Waals surface area contributed by atoms with Gasteiger partial charge in [0.05, 0.1) is 0 Å². The summed E-state index contributed by atoms with van der Waals surface area (Å²) >= 11 is 3.57. The Labute approximate surface area is 126 Å². The van der Waals surface area contributed by atoms with Gasteiger partial charge in [-0.1, -0.05) is 42.6 Å². The van der Waals surface area contributed by atoms with Crippen LogP contribution in [0.5, 0.6) is 0 Å². The monoisotopic (exact) mass is 329 g/mol. The molecule has 0 aromatic rings. The second kappa shape index (κ2) is 6.60. The second-order valence-electron chi connectivity index (χ2n) is 6.98. The Bertz CT molecular complexity index is 302. The number of piperidine rings is 1. The van der Waals surface area contributed by atoms with Crippen LogP contribution in [0, 0.1) is 17.3 Å². The van der Waals surface area contributed by atoms with E-state index in [0.717, 1.165) is 43.6 Å². The summed E-state index contributed by atoms with van der Waals surface area (Å²) in [7, 11) is 0. The third-order valence-corrected chi connectivity index (χ3v) is 5.85. The van der Waals surface area contributed by atoms with Gasteiger partial charge < -0.3 is 4.90 Å². The van der Waals surface area contributed by atoms with E-state index in [4.69, 9.17) is 0 Å². The number of carbonyl (C=O) groups excluding carboxylic acids is 1. The molecular weight excluding hydrogens is 302 g/mol. The zero-order valence-electron chi connectivity index (χ0n) is 12.5. The van der Waals surface area contributed by atoms with E-state index >= 15 is 0 Å². The molecule has 110 valence electrons. The van der Waals surface area contributed by atoms with Crippen LogP contribution in [0.4, 0.5) is 0 Å². The number of amides is 1. The van der Waals surface area contributed by atoms with Gasteiger partial charge in [-0.15, -0.1) is 0 Å². The van der Waals surface area contributed by atoms with Crippen molar-refractivity contribution in [3.63, 3.8) is 0 Å². The number of carbonyl (C=O) groups is 1.